The second-order valence-electron chi connectivity index (χ2n) is 4.86. The van der Waals surface area contributed by atoms with Gasteiger partial charge in [0, 0.05) is 19.3 Å². The maximum atomic E-state index is 12.3. The summed E-state index contributed by atoms with van der Waals surface area (Å²) in [6.45, 7) is 2.88. The van der Waals surface area contributed by atoms with Crippen molar-refractivity contribution in [2.45, 2.75) is 26.3 Å². The number of amides is 2. The van der Waals surface area contributed by atoms with E-state index in [9.17, 15) is 19.5 Å². The molecule has 1 aromatic carbocycles. The maximum Gasteiger partial charge on any atom is 0.326 e. The molecule has 1 aromatic rings. The average Bonchev–Trinajstić information content (AvgIpc) is 2.44. The molecule has 1 rings (SSSR count). The monoisotopic (exact) mass is 303 g/mol. The van der Waals surface area contributed by atoms with Gasteiger partial charge in [-0.05, 0) is 12.1 Å². The fourth-order valence-corrected chi connectivity index (χ4v) is 1.91. The third-order valence-corrected chi connectivity index (χ3v) is 3.02. The molecule has 0 saturated heterocycles. The zero-order valence-corrected chi connectivity index (χ0v) is 12.3. The molecule has 2 amide bonds. The number of nitriles is 1. The van der Waals surface area contributed by atoms with Gasteiger partial charge < -0.3 is 15.7 Å². The van der Waals surface area contributed by atoms with Crippen LogP contribution in [-0.4, -0.2) is 28.9 Å². The van der Waals surface area contributed by atoms with Crippen LogP contribution in [0.1, 0.15) is 30.6 Å². The Labute approximate surface area is 127 Å². The Morgan fingerprint density at radius 2 is 1.95 bits per heavy atom. The van der Waals surface area contributed by atoms with Crippen molar-refractivity contribution in [3.8, 4) is 6.07 Å². The summed E-state index contributed by atoms with van der Waals surface area (Å²) in [4.78, 5) is 34.7. The summed E-state index contributed by atoms with van der Waals surface area (Å²) in [5.74, 6) is -2.72. The molecule has 0 unspecified atom stereocenters. The summed E-state index contributed by atoms with van der Waals surface area (Å²) in [6, 6.07) is 6.98. The predicted molar refractivity (Wildman–Crippen MR) is 79.0 cm³/mol. The minimum atomic E-state index is -1.21. The Morgan fingerprint density at radius 1 is 1.32 bits per heavy atom. The first kappa shape index (κ1) is 17.2. The lowest BCUT2D eigenvalue weighted by Gasteiger charge is -2.20. The number of hydrogen-bond donors (Lipinski definition) is 3. The highest BCUT2D eigenvalue weighted by molar-refractivity contribution is 6.04. The van der Waals surface area contributed by atoms with E-state index >= 15 is 0 Å². The van der Waals surface area contributed by atoms with Crippen LogP contribution < -0.4 is 10.6 Å². The van der Waals surface area contributed by atoms with Crippen molar-refractivity contribution in [3.05, 3.63) is 29.8 Å². The molecule has 0 aromatic heterocycles. The molecule has 0 aliphatic heterocycles. The van der Waals surface area contributed by atoms with Gasteiger partial charge in [0.1, 0.15) is 6.04 Å². The van der Waals surface area contributed by atoms with Crippen molar-refractivity contribution in [2.75, 3.05) is 5.32 Å². The number of carboxylic acid groups (broad SMARTS) is 1. The van der Waals surface area contributed by atoms with Crippen LogP contribution in [0.15, 0.2) is 24.3 Å². The summed E-state index contributed by atoms with van der Waals surface area (Å²) >= 11 is 0. The van der Waals surface area contributed by atoms with Crippen molar-refractivity contribution in [2.24, 2.45) is 5.92 Å². The highest BCUT2D eigenvalue weighted by Gasteiger charge is 2.27. The number of nitrogens with zero attached hydrogens (tertiary/aromatic N) is 1. The fraction of sp³-hybridized carbons (Fsp3) is 0.333. The van der Waals surface area contributed by atoms with Crippen LogP contribution in [0.4, 0.5) is 5.69 Å². The van der Waals surface area contributed by atoms with Gasteiger partial charge in [0.15, 0.2) is 0 Å². The Bertz CT molecular complexity index is 621. The lowest BCUT2D eigenvalue weighted by atomic mass is 9.98. The third kappa shape index (κ3) is 4.59. The molecule has 0 bridgehead atoms. The van der Waals surface area contributed by atoms with Gasteiger partial charge in [0.05, 0.1) is 17.3 Å². The van der Waals surface area contributed by atoms with Crippen molar-refractivity contribution >= 4 is 23.5 Å². The molecule has 0 aliphatic rings. The molecular weight excluding hydrogens is 286 g/mol. The minimum absolute atomic E-state index is 0.00455. The second-order valence-corrected chi connectivity index (χ2v) is 4.86. The Hall–Kier alpha value is -2.88. The number of carbonyl (C=O) groups excluding carboxylic acids is 2. The standard InChI is InChI=1S/C15H17N3O4/c1-9(7-8-16)13(15(21)22)18-14(20)11-5-3-4-6-12(11)17-10(2)19/h3-6,9,13H,7H2,1-2H3,(H,17,19)(H,18,20)(H,21,22)/t9-,13-/m0/s1. The van der Waals surface area contributed by atoms with E-state index in [-0.39, 0.29) is 17.9 Å². The van der Waals surface area contributed by atoms with Gasteiger partial charge in [-0.3, -0.25) is 9.59 Å². The number of anilines is 1. The van der Waals surface area contributed by atoms with E-state index in [4.69, 9.17) is 5.26 Å². The molecule has 0 aliphatic carbocycles. The first-order valence-corrected chi connectivity index (χ1v) is 6.64. The predicted octanol–water partition coefficient (Wildman–Crippen LogP) is 1.38. The van der Waals surface area contributed by atoms with E-state index < -0.39 is 23.8 Å². The van der Waals surface area contributed by atoms with E-state index in [0.717, 1.165) is 0 Å². The largest absolute Gasteiger partial charge is 0.480 e. The quantitative estimate of drug-likeness (QED) is 0.733. The number of rotatable bonds is 6. The lowest BCUT2D eigenvalue weighted by molar-refractivity contribution is -0.140. The highest BCUT2D eigenvalue weighted by atomic mass is 16.4. The number of nitrogens with one attached hydrogen (secondary N) is 2. The molecule has 0 spiro atoms. The maximum absolute atomic E-state index is 12.3. The fourth-order valence-electron chi connectivity index (χ4n) is 1.91. The molecule has 0 saturated carbocycles. The molecule has 3 N–H and O–H groups in total. The molecule has 7 nitrogen and oxygen atoms in total. The number of carboxylic acids is 1. The van der Waals surface area contributed by atoms with Crippen molar-refractivity contribution in [1.82, 2.24) is 5.32 Å². The normalized spacial score (nSPS) is 12.6. The zero-order chi connectivity index (χ0) is 16.7. The van der Waals surface area contributed by atoms with E-state index in [1.54, 1.807) is 25.1 Å². The van der Waals surface area contributed by atoms with Crippen LogP contribution in [0.2, 0.25) is 0 Å². The Morgan fingerprint density at radius 3 is 2.50 bits per heavy atom. The number of carbonyl (C=O) groups is 3. The topological polar surface area (TPSA) is 119 Å². The zero-order valence-electron chi connectivity index (χ0n) is 12.3. The second kappa shape index (κ2) is 7.78. The smallest absolute Gasteiger partial charge is 0.326 e. The Balaban J connectivity index is 2.98. The lowest BCUT2D eigenvalue weighted by Crippen LogP contribution is -2.45. The van der Waals surface area contributed by atoms with Gasteiger partial charge >= 0.3 is 5.97 Å². The number of hydrogen-bond acceptors (Lipinski definition) is 4. The van der Waals surface area contributed by atoms with Crippen LogP contribution >= 0.6 is 0 Å². The van der Waals surface area contributed by atoms with Crippen LogP contribution in [0.25, 0.3) is 0 Å². The number of benzene rings is 1. The number of para-hydroxylation sites is 1. The molecule has 116 valence electrons. The first-order chi connectivity index (χ1) is 10.4. The summed E-state index contributed by atoms with van der Waals surface area (Å²) < 4.78 is 0. The van der Waals surface area contributed by atoms with Crippen LogP contribution in [0.3, 0.4) is 0 Å². The molecule has 2 atom stereocenters. The summed E-state index contributed by atoms with van der Waals surface area (Å²) in [5, 5.41) is 22.7. The molecular formula is C15H17N3O4. The van der Waals surface area contributed by atoms with Crippen LogP contribution in [0.5, 0.6) is 0 Å². The molecule has 0 radical (unpaired) electrons. The van der Waals surface area contributed by atoms with E-state index in [1.807, 2.05) is 6.07 Å². The average molecular weight is 303 g/mol. The Kier molecular flexibility index (Phi) is 6.08. The van der Waals surface area contributed by atoms with E-state index in [0.29, 0.717) is 5.69 Å². The number of aliphatic carboxylic acids is 1. The molecule has 7 heteroatoms. The van der Waals surface area contributed by atoms with Crippen molar-refractivity contribution < 1.29 is 19.5 Å². The third-order valence-electron chi connectivity index (χ3n) is 3.02. The highest BCUT2D eigenvalue weighted by Crippen LogP contribution is 2.16. The molecule has 0 heterocycles. The van der Waals surface area contributed by atoms with Gasteiger partial charge in [0.2, 0.25) is 5.91 Å². The summed E-state index contributed by atoms with van der Waals surface area (Å²) in [5.41, 5.74) is 0.456. The van der Waals surface area contributed by atoms with Gasteiger partial charge in [-0.1, -0.05) is 19.1 Å². The van der Waals surface area contributed by atoms with E-state index in [2.05, 4.69) is 10.6 Å². The van der Waals surface area contributed by atoms with Gasteiger partial charge in [-0.25, -0.2) is 4.79 Å². The molecule has 22 heavy (non-hydrogen) atoms. The molecule has 0 fully saturated rings. The summed E-state index contributed by atoms with van der Waals surface area (Å²) in [6.07, 6.45) is 0.00455. The van der Waals surface area contributed by atoms with Gasteiger partial charge in [-0.2, -0.15) is 5.26 Å². The van der Waals surface area contributed by atoms with Crippen LogP contribution in [0, 0.1) is 17.2 Å². The first-order valence-electron chi connectivity index (χ1n) is 6.64. The SMILES string of the molecule is CC(=O)Nc1ccccc1C(=O)N[C@H](C(=O)O)[C@@H](C)CC#N. The summed E-state index contributed by atoms with van der Waals surface area (Å²) in [7, 11) is 0. The van der Waals surface area contributed by atoms with Crippen LogP contribution in [-0.2, 0) is 9.59 Å². The van der Waals surface area contributed by atoms with Gasteiger partial charge in [0.25, 0.3) is 5.91 Å². The van der Waals surface area contributed by atoms with Gasteiger partial charge in [-0.15, -0.1) is 0 Å². The van der Waals surface area contributed by atoms with Crippen molar-refractivity contribution in [3.63, 3.8) is 0 Å². The van der Waals surface area contributed by atoms with E-state index in [1.165, 1.54) is 13.0 Å². The minimum Gasteiger partial charge on any atom is -0.480 e. The van der Waals surface area contributed by atoms with Crippen molar-refractivity contribution in [1.29, 1.82) is 5.26 Å².